The first kappa shape index (κ1) is 19.6. The van der Waals surface area contributed by atoms with Crippen LogP contribution < -0.4 is 10.6 Å². The molecule has 0 bridgehead atoms. The van der Waals surface area contributed by atoms with Crippen LogP contribution in [0.2, 0.25) is 0 Å². The second kappa shape index (κ2) is 9.50. The van der Waals surface area contributed by atoms with E-state index in [2.05, 4.69) is 68.3 Å². The lowest BCUT2D eigenvalue weighted by Crippen LogP contribution is -2.47. The molecule has 0 rings (SSSR count). The zero-order chi connectivity index (χ0) is 15.8. The van der Waals surface area contributed by atoms with Gasteiger partial charge in [-0.3, -0.25) is 9.89 Å². The number of rotatable bonds is 8. The maximum atomic E-state index is 4.28. The monoisotopic (exact) mass is 302 g/mol. The minimum atomic E-state index is 0.222. The lowest BCUT2D eigenvalue weighted by atomic mass is 10.2. The molecule has 0 aliphatic rings. The van der Waals surface area contributed by atoms with E-state index < -0.39 is 0 Å². The molecule has 0 aromatic rings. The van der Waals surface area contributed by atoms with Crippen LogP contribution in [0.4, 0.5) is 0 Å². The maximum absolute atomic E-state index is 4.28. The summed E-state index contributed by atoms with van der Waals surface area (Å²) in [7, 11) is 1.82. The summed E-state index contributed by atoms with van der Waals surface area (Å²) in [6, 6.07) is 1.14. The molecule has 0 radical (unpaired) electrons. The molecule has 0 aromatic heterocycles. The van der Waals surface area contributed by atoms with E-state index in [1.165, 1.54) is 0 Å². The molecule has 2 N–H and O–H groups in total. The molecule has 0 fully saturated rings. The molecule has 0 aliphatic heterocycles. The minimum absolute atomic E-state index is 0.222. The highest BCUT2D eigenvalue weighted by atomic mass is 32.2. The van der Waals surface area contributed by atoms with Crippen LogP contribution in [0.15, 0.2) is 4.99 Å². The zero-order valence-corrected chi connectivity index (χ0v) is 15.4. The quantitative estimate of drug-likeness (QED) is 0.533. The Hall–Kier alpha value is -0.420. The summed E-state index contributed by atoms with van der Waals surface area (Å²) in [5.74, 6) is 0.889. The van der Waals surface area contributed by atoms with Crippen LogP contribution in [-0.2, 0) is 0 Å². The standard InChI is InChI=1S/C15H34N4S/c1-12(2)19(13(3)4)10-9-17-14(16-7)18-11-15(5,6)20-8/h12-13H,9-11H2,1-8H3,(H2,16,17,18). The summed E-state index contributed by atoms with van der Waals surface area (Å²) in [5.41, 5.74) is 0. The lowest BCUT2D eigenvalue weighted by Gasteiger charge is -2.31. The number of nitrogens with one attached hydrogen (secondary N) is 2. The van der Waals surface area contributed by atoms with Crippen LogP contribution in [0, 0.1) is 0 Å². The van der Waals surface area contributed by atoms with Gasteiger partial charge in [-0.15, -0.1) is 0 Å². The molecule has 0 spiro atoms. The molecule has 4 nitrogen and oxygen atoms in total. The molecule has 0 saturated heterocycles. The Morgan fingerprint density at radius 3 is 2.10 bits per heavy atom. The van der Waals surface area contributed by atoms with Gasteiger partial charge in [0.1, 0.15) is 0 Å². The molecule has 0 atom stereocenters. The van der Waals surface area contributed by atoms with Crippen molar-refractivity contribution in [1.29, 1.82) is 0 Å². The molecular weight excluding hydrogens is 268 g/mol. The summed E-state index contributed by atoms with van der Waals surface area (Å²) in [6.45, 7) is 16.3. The number of aliphatic imine (C=N–C) groups is 1. The van der Waals surface area contributed by atoms with Crippen molar-refractivity contribution >= 4 is 17.7 Å². The van der Waals surface area contributed by atoms with E-state index in [1.807, 2.05) is 18.8 Å². The third-order valence-corrected chi connectivity index (χ3v) is 4.70. The predicted octanol–water partition coefficient (Wildman–Crippen LogP) is 2.41. The largest absolute Gasteiger partial charge is 0.355 e. The SMILES string of the molecule is CN=C(NCCN(C(C)C)C(C)C)NCC(C)(C)SC. The zero-order valence-electron chi connectivity index (χ0n) is 14.6. The van der Waals surface area contributed by atoms with Gasteiger partial charge >= 0.3 is 0 Å². The molecule has 0 unspecified atom stereocenters. The molecule has 20 heavy (non-hydrogen) atoms. The summed E-state index contributed by atoms with van der Waals surface area (Å²) in [5, 5.41) is 6.79. The van der Waals surface area contributed by atoms with Gasteiger partial charge in [0.15, 0.2) is 5.96 Å². The van der Waals surface area contributed by atoms with Crippen LogP contribution in [0.3, 0.4) is 0 Å². The van der Waals surface area contributed by atoms with Gasteiger partial charge in [-0.2, -0.15) is 11.8 Å². The van der Waals surface area contributed by atoms with E-state index in [4.69, 9.17) is 0 Å². The highest BCUT2D eigenvalue weighted by molar-refractivity contribution is 7.99. The molecular formula is C15H34N4S. The average Bonchev–Trinajstić information content (AvgIpc) is 2.37. The number of hydrogen-bond acceptors (Lipinski definition) is 3. The van der Waals surface area contributed by atoms with E-state index in [0.717, 1.165) is 25.6 Å². The number of hydrogen-bond donors (Lipinski definition) is 2. The van der Waals surface area contributed by atoms with E-state index >= 15 is 0 Å². The van der Waals surface area contributed by atoms with Crippen molar-refractivity contribution in [2.45, 2.75) is 58.4 Å². The Morgan fingerprint density at radius 2 is 1.70 bits per heavy atom. The molecule has 0 aliphatic carbocycles. The first-order chi connectivity index (χ1) is 9.23. The fourth-order valence-electron chi connectivity index (χ4n) is 2.01. The second-order valence-electron chi connectivity index (χ2n) is 6.24. The molecule has 120 valence electrons. The molecule has 0 heterocycles. The van der Waals surface area contributed by atoms with Gasteiger partial charge in [-0.05, 0) is 47.8 Å². The van der Waals surface area contributed by atoms with Crippen molar-refractivity contribution in [3.63, 3.8) is 0 Å². The normalized spacial score (nSPS) is 13.4. The van der Waals surface area contributed by atoms with E-state index in [0.29, 0.717) is 12.1 Å². The van der Waals surface area contributed by atoms with E-state index in [9.17, 15) is 0 Å². The molecule has 0 saturated carbocycles. The number of guanidine groups is 1. The smallest absolute Gasteiger partial charge is 0.191 e. The first-order valence-electron chi connectivity index (χ1n) is 7.49. The van der Waals surface area contributed by atoms with E-state index in [-0.39, 0.29) is 4.75 Å². The van der Waals surface area contributed by atoms with Gasteiger partial charge < -0.3 is 10.6 Å². The van der Waals surface area contributed by atoms with Gasteiger partial charge in [-0.25, -0.2) is 0 Å². The lowest BCUT2D eigenvalue weighted by molar-refractivity contribution is 0.178. The highest BCUT2D eigenvalue weighted by Gasteiger charge is 2.16. The summed E-state index contributed by atoms with van der Waals surface area (Å²) >= 11 is 1.86. The van der Waals surface area contributed by atoms with Crippen LogP contribution in [0.1, 0.15) is 41.5 Å². The fourth-order valence-corrected chi connectivity index (χ4v) is 2.22. The summed E-state index contributed by atoms with van der Waals surface area (Å²) in [6.07, 6.45) is 2.14. The summed E-state index contributed by atoms with van der Waals surface area (Å²) < 4.78 is 0.222. The fraction of sp³-hybridized carbons (Fsp3) is 0.933. The van der Waals surface area contributed by atoms with Crippen molar-refractivity contribution in [3.05, 3.63) is 0 Å². The van der Waals surface area contributed by atoms with Gasteiger partial charge in [0, 0.05) is 43.5 Å². The van der Waals surface area contributed by atoms with Gasteiger partial charge in [-0.1, -0.05) is 0 Å². The van der Waals surface area contributed by atoms with Crippen molar-refractivity contribution in [2.24, 2.45) is 4.99 Å². The first-order valence-corrected chi connectivity index (χ1v) is 8.71. The van der Waals surface area contributed by atoms with Crippen LogP contribution >= 0.6 is 11.8 Å². The Kier molecular flexibility index (Phi) is 9.30. The van der Waals surface area contributed by atoms with Crippen molar-refractivity contribution in [1.82, 2.24) is 15.5 Å². The third-order valence-electron chi connectivity index (χ3n) is 3.45. The number of nitrogens with zero attached hydrogens (tertiary/aromatic N) is 2. The predicted molar refractivity (Wildman–Crippen MR) is 93.9 cm³/mol. The van der Waals surface area contributed by atoms with Crippen LogP contribution in [0.5, 0.6) is 0 Å². The van der Waals surface area contributed by atoms with Crippen molar-refractivity contribution in [2.75, 3.05) is 32.9 Å². The molecule has 0 amide bonds. The minimum Gasteiger partial charge on any atom is -0.355 e. The Bertz CT molecular complexity index is 280. The van der Waals surface area contributed by atoms with Crippen LogP contribution in [0.25, 0.3) is 0 Å². The average molecular weight is 303 g/mol. The summed E-state index contributed by atoms with van der Waals surface area (Å²) in [4.78, 5) is 6.76. The highest BCUT2D eigenvalue weighted by Crippen LogP contribution is 2.19. The van der Waals surface area contributed by atoms with Crippen molar-refractivity contribution < 1.29 is 0 Å². The second-order valence-corrected chi connectivity index (χ2v) is 7.76. The maximum Gasteiger partial charge on any atom is 0.191 e. The molecule has 5 heteroatoms. The van der Waals surface area contributed by atoms with E-state index in [1.54, 1.807) is 0 Å². The van der Waals surface area contributed by atoms with Gasteiger partial charge in [0.25, 0.3) is 0 Å². The Labute approximate surface area is 130 Å². The Morgan fingerprint density at radius 1 is 1.15 bits per heavy atom. The number of thioether (sulfide) groups is 1. The van der Waals surface area contributed by atoms with Gasteiger partial charge in [0.2, 0.25) is 0 Å². The Balaban J connectivity index is 4.15. The topological polar surface area (TPSA) is 39.7 Å². The van der Waals surface area contributed by atoms with Crippen molar-refractivity contribution in [3.8, 4) is 0 Å². The van der Waals surface area contributed by atoms with Gasteiger partial charge in [0.05, 0.1) is 0 Å². The molecule has 0 aromatic carbocycles. The van der Waals surface area contributed by atoms with Crippen LogP contribution in [-0.4, -0.2) is 60.6 Å². The third kappa shape index (κ3) is 8.00.